The van der Waals surface area contributed by atoms with E-state index >= 15 is 0 Å². The summed E-state index contributed by atoms with van der Waals surface area (Å²) in [6, 6.07) is 5.80. The van der Waals surface area contributed by atoms with Gasteiger partial charge in [0.25, 0.3) is 0 Å². The quantitative estimate of drug-likeness (QED) is 0.862. The Hall–Kier alpha value is -2.11. The molecule has 1 heterocycles. The predicted molar refractivity (Wildman–Crippen MR) is 66.0 cm³/mol. The molecular weight excluding hydrogens is 251 g/mol. The molecule has 1 aliphatic heterocycles. The van der Waals surface area contributed by atoms with Crippen LogP contribution in [0.15, 0.2) is 24.3 Å². The molecule has 6 heteroatoms. The molecular formula is C13H15FN2O3. The van der Waals surface area contributed by atoms with Crippen LogP contribution in [-0.4, -0.2) is 43.1 Å². The molecule has 0 aliphatic carbocycles. The standard InChI is InChI=1S/C13H15FN2O3/c14-11-3-1-10(2-4-11)9-12(17)15-5-6-16-7-8-19-13(16)18/h1-4H,5-9H2,(H,15,17). The van der Waals surface area contributed by atoms with E-state index in [-0.39, 0.29) is 24.2 Å². The third-order valence-corrected chi connectivity index (χ3v) is 2.83. The molecule has 0 bridgehead atoms. The minimum Gasteiger partial charge on any atom is -0.448 e. The molecule has 0 aromatic heterocycles. The van der Waals surface area contributed by atoms with Crippen LogP contribution < -0.4 is 5.32 Å². The Bertz CT molecular complexity index is 461. The second-order valence-electron chi connectivity index (χ2n) is 4.25. The summed E-state index contributed by atoms with van der Waals surface area (Å²) in [4.78, 5) is 24.3. The predicted octanol–water partition coefficient (Wildman–Crippen LogP) is 0.937. The highest BCUT2D eigenvalue weighted by atomic mass is 19.1. The van der Waals surface area contributed by atoms with Crippen molar-refractivity contribution in [1.29, 1.82) is 0 Å². The van der Waals surface area contributed by atoms with E-state index in [2.05, 4.69) is 5.32 Å². The van der Waals surface area contributed by atoms with Gasteiger partial charge in [-0.1, -0.05) is 12.1 Å². The maximum atomic E-state index is 12.7. The van der Waals surface area contributed by atoms with Gasteiger partial charge in [-0.25, -0.2) is 9.18 Å². The molecule has 0 radical (unpaired) electrons. The lowest BCUT2D eigenvalue weighted by atomic mass is 10.1. The lowest BCUT2D eigenvalue weighted by Crippen LogP contribution is -2.36. The zero-order chi connectivity index (χ0) is 13.7. The highest BCUT2D eigenvalue weighted by Gasteiger charge is 2.21. The molecule has 0 spiro atoms. The van der Waals surface area contributed by atoms with Gasteiger partial charge in [-0.2, -0.15) is 0 Å². The van der Waals surface area contributed by atoms with Crippen molar-refractivity contribution in [1.82, 2.24) is 10.2 Å². The number of hydrogen-bond donors (Lipinski definition) is 1. The SMILES string of the molecule is O=C(Cc1ccc(F)cc1)NCCN1CCOC1=O. The molecule has 19 heavy (non-hydrogen) atoms. The number of benzene rings is 1. The van der Waals surface area contributed by atoms with Crippen LogP contribution in [0.4, 0.5) is 9.18 Å². The van der Waals surface area contributed by atoms with Crippen LogP contribution in [0.3, 0.4) is 0 Å². The highest BCUT2D eigenvalue weighted by molar-refractivity contribution is 5.78. The lowest BCUT2D eigenvalue weighted by molar-refractivity contribution is -0.120. The minimum atomic E-state index is -0.340. The van der Waals surface area contributed by atoms with E-state index in [1.54, 1.807) is 12.1 Å². The van der Waals surface area contributed by atoms with Crippen LogP contribution in [0.5, 0.6) is 0 Å². The monoisotopic (exact) mass is 266 g/mol. The summed E-state index contributed by atoms with van der Waals surface area (Å²) >= 11 is 0. The first-order valence-corrected chi connectivity index (χ1v) is 6.08. The van der Waals surface area contributed by atoms with Crippen molar-refractivity contribution in [3.8, 4) is 0 Å². The van der Waals surface area contributed by atoms with Crippen LogP contribution in [0.25, 0.3) is 0 Å². The first kappa shape index (κ1) is 13.3. The summed E-state index contributed by atoms with van der Waals surface area (Å²) in [5, 5.41) is 2.71. The second kappa shape index (κ2) is 6.17. The Kier molecular flexibility index (Phi) is 4.33. The Morgan fingerprint density at radius 3 is 2.74 bits per heavy atom. The number of amides is 2. The molecule has 5 nitrogen and oxygen atoms in total. The number of hydrogen-bond acceptors (Lipinski definition) is 3. The molecule has 2 rings (SSSR count). The van der Waals surface area contributed by atoms with E-state index in [0.29, 0.717) is 26.2 Å². The smallest absolute Gasteiger partial charge is 0.409 e. The van der Waals surface area contributed by atoms with Gasteiger partial charge >= 0.3 is 6.09 Å². The summed E-state index contributed by atoms with van der Waals surface area (Å²) in [7, 11) is 0. The third-order valence-electron chi connectivity index (χ3n) is 2.83. The molecule has 0 saturated carbocycles. The maximum absolute atomic E-state index is 12.7. The van der Waals surface area contributed by atoms with E-state index in [4.69, 9.17) is 4.74 Å². The minimum absolute atomic E-state index is 0.154. The molecule has 1 aliphatic rings. The molecule has 1 N–H and O–H groups in total. The van der Waals surface area contributed by atoms with Crippen molar-refractivity contribution >= 4 is 12.0 Å². The number of carbonyl (C=O) groups excluding carboxylic acids is 2. The van der Waals surface area contributed by atoms with Gasteiger partial charge in [0.2, 0.25) is 5.91 Å². The number of halogens is 1. The fraction of sp³-hybridized carbons (Fsp3) is 0.385. The number of nitrogens with one attached hydrogen (secondary N) is 1. The Morgan fingerprint density at radius 2 is 2.11 bits per heavy atom. The average molecular weight is 266 g/mol. The molecule has 0 unspecified atom stereocenters. The summed E-state index contributed by atoms with van der Waals surface area (Å²) in [6.07, 6.45) is -0.141. The normalized spacial score (nSPS) is 14.4. The van der Waals surface area contributed by atoms with Crippen molar-refractivity contribution in [3.05, 3.63) is 35.6 Å². The largest absolute Gasteiger partial charge is 0.448 e. The van der Waals surface area contributed by atoms with Crippen LogP contribution in [0, 0.1) is 5.82 Å². The van der Waals surface area contributed by atoms with Crippen molar-refractivity contribution in [2.24, 2.45) is 0 Å². The van der Waals surface area contributed by atoms with Gasteiger partial charge in [-0.3, -0.25) is 4.79 Å². The van der Waals surface area contributed by atoms with Gasteiger partial charge < -0.3 is 15.0 Å². The topological polar surface area (TPSA) is 58.6 Å². The van der Waals surface area contributed by atoms with Crippen molar-refractivity contribution in [2.45, 2.75) is 6.42 Å². The number of nitrogens with zero attached hydrogens (tertiary/aromatic N) is 1. The summed E-state index contributed by atoms with van der Waals surface area (Å²) < 4.78 is 17.5. The van der Waals surface area contributed by atoms with Crippen molar-refractivity contribution in [3.63, 3.8) is 0 Å². The Morgan fingerprint density at radius 1 is 1.37 bits per heavy atom. The van der Waals surface area contributed by atoms with Gasteiger partial charge in [0.1, 0.15) is 12.4 Å². The Labute approximate surface area is 110 Å². The zero-order valence-electron chi connectivity index (χ0n) is 10.4. The second-order valence-corrected chi connectivity index (χ2v) is 4.25. The average Bonchev–Trinajstić information content (AvgIpc) is 2.78. The van der Waals surface area contributed by atoms with Crippen LogP contribution >= 0.6 is 0 Å². The van der Waals surface area contributed by atoms with E-state index in [0.717, 1.165) is 5.56 Å². The van der Waals surface area contributed by atoms with Gasteiger partial charge in [0.15, 0.2) is 0 Å². The van der Waals surface area contributed by atoms with Gasteiger partial charge in [-0.15, -0.1) is 0 Å². The van der Waals surface area contributed by atoms with E-state index in [9.17, 15) is 14.0 Å². The molecule has 1 fully saturated rings. The van der Waals surface area contributed by atoms with Gasteiger partial charge in [-0.05, 0) is 17.7 Å². The summed E-state index contributed by atoms with van der Waals surface area (Å²) in [5.74, 6) is -0.476. The van der Waals surface area contributed by atoms with E-state index in [1.807, 2.05) is 0 Å². The van der Waals surface area contributed by atoms with Crippen molar-refractivity contribution < 1.29 is 18.7 Å². The number of cyclic esters (lactones) is 1. The maximum Gasteiger partial charge on any atom is 0.409 e. The molecule has 102 valence electrons. The molecule has 0 atom stereocenters. The first-order valence-electron chi connectivity index (χ1n) is 6.08. The molecule has 1 aromatic carbocycles. The van der Waals surface area contributed by atoms with E-state index < -0.39 is 0 Å². The Balaban J connectivity index is 1.69. The fourth-order valence-corrected chi connectivity index (χ4v) is 1.81. The van der Waals surface area contributed by atoms with Crippen LogP contribution in [-0.2, 0) is 16.0 Å². The number of carbonyl (C=O) groups is 2. The number of ether oxygens (including phenoxy) is 1. The van der Waals surface area contributed by atoms with E-state index in [1.165, 1.54) is 17.0 Å². The van der Waals surface area contributed by atoms with Gasteiger partial charge in [0.05, 0.1) is 13.0 Å². The van der Waals surface area contributed by atoms with Gasteiger partial charge in [0, 0.05) is 13.1 Å². The first-order chi connectivity index (χ1) is 9.15. The van der Waals surface area contributed by atoms with Crippen molar-refractivity contribution in [2.75, 3.05) is 26.2 Å². The summed E-state index contributed by atoms with van der Waals surface area (Å²) in [6.45, 7) is 1.79. The zero-order valence-corrected chi connectivity index (χ0v) is 10.4. The molecule has 1 saturated heterocycles. The molecule has 2 amide bonds. The fourth-order valence-electron chi connectivity index (χ4n) is 1.81. The summed E-state index contributed by atoms with van der Waals surface area (Å²) in [5.41, 5.74) is 0.750. The number of rotatable bonds is 5. The highest BCUT2D eigenvalue weighted by Crippen LogP contribution is 2.04. The van der Waals surface area contributed by atoms with Crippen LogP contribution in [0.2, 0.25) is 0 Å². The van der Waals surface area contributed by atoms with Crippen LogP contribution in [0.1, 0.15) is 5.56 Å². The lowest BCUT2D eigenvalue weighted by Gasteiger charge is -2.12. The molecule has 1 aromatic rings. The third kappa shape index (κ3) is 3.94.